The highest BCUT2D eigenvalue weighted by molar-refractivity contribution is 7.17. The summed E-state index contributed by atoms with van der Waals surface area (Å²) in [4.78, 5) is 28.5. The predicted molar refractivity (Wildman–Crippen MR) is 107 cm³/mol. The summed E-state index contributed by atoms with van der Waals surface area (Å²) in [5.41, 5.74) is 1.66. The quantitative estimate of drug-likeness (QED) is 0.750. The first-order valence-corrected chi connectivity index (χ1v) is 10.8. The molecule has 0 unspecified atom stereocenters. The predicted octanol–water partition coefficient (Wildman–Crippen LogP) is 3.24. The van der Waals surface area contributed by atoms with E-state index in [9.17, 15) is 9.59 Å². The molecule has 2 aliphatic rings. The summed E-state index contributed by atoms with van der Waals surface area (Å²) in [6.07, 6.45) is 4.87. The van der Waals surface area contributed by atoms with Crippen LogP contribution in [0.5, 0.6) is 0 Å². The van der Waals surface area contributed by atoms with Gasteiger partial charge in [0.1, 0.15) is 5.00 Å². The van der Waals surface area contributed by atoms with Gasteiger partial charge in [0.2, 0.25) is 5.91 Å². The number of nitrogens with one attached hydrogen (secondary N) is 1. The Kier molecular flexibility index (Phi) is 6.89. The summed E-state index contributed by atoms with van der Waals surface area (Å²) < 4.78 is 11.0. The number of ether oxygens (including phenoxy) is 2. The third-order valence-electron chi connectivity index (χ3n) is 5.05. The van der Waals surface area contributed by atoms with Crippen LogP contribution in [-0.4, -0.2) is 55.2 Å². The molecule has 1 N–H and O–H groups in total. The average Bonchev–Trinajstić information content (AvgIpc) is 2.97. The molecule has 27 heavy (non-hydrogen) atoms. The van der Waals surface area contributed by atoms with Crippen molar-refractivity contribution < 1.29 is 19.1 Å². The number of morpholine rings is 1. The zero-order valence-electron chi connectivity index (χ0n) is 16.5. The van der Waals surface area contributed by atoms with E-state index in [0.717, 1.165) is 44.3 Å². The van der Waals surface area contributed by atoms with E-state index in [1.807, 2.05) is 0 Å². The smallest absolute Gasteiger partial charge is 0.341 e. The molecular weight excluding hydrogens is 364 g/mol. The molecule has 1 aliphatic carbocycles. The van der Waals surface area contributed by atoms with Gasteiger partial charge in [0.15, 0.2) is 0 Å². The van der Waals surface area contributed by atoms with Crippen molar-refractivity contribution in [2.75, 3.05) is 31.6 Å². The summed E-state index contributed by atoms with van der Waals surface area (Å²) in [6.45, 7) is 8.65. The molecule has 1 amide bonds. The number of anilines is 1. The van der Waals surface area contributed by atoms with Gasteiger partial charge in [0.05, 0.1) is 24.4 Å². The van der Waals surface area contributed by atoms with E-state index in [0.29, 0.717) is 30.1 Å². The van der Waals surface area contributed by atoms with Crippen LogP contribution in [0.3, 0.4) is 0 Å². The molecule has 0 radical (unpaired) electrons. The lowest BCUT2D eigenvalue weighted by molar-refractivity contribution is -0.117. The van der Waals surface area contributed by atoms with E-state index >= 15 is 0 Å². The maximum absolute atomic E-state index is 12.5. The Morgan fingerprint density at radius 1 is 1.22 bits per heavy atom. The molecule has 1 saturated heterocycles. The molecule has 1 fully saturated rings. The molecule has 0 saturated carbocycles. The number of carbonyl (C=O) groups is 2. The summed E-state index contributed by atoms with van der Waals surface area (Å²) >= 11 is 1.54. The lowest BCUT2D eigenvalue weighted by Gasteiger charge is -2.35. The average molecular weight is 395 g/mol. The van der Waals surface area contributed by atoms with Crippen molar-refractivity contribution in [3.05, 3.63) is 16.0 Å². The fourth-order valence-electron chi connectivity index (χ4n) is 3.99. The first-order chi connectivity index (χ1) is 13.0. The summed E-state index contributed by atoms with van der Waals surface area (Å²) in [6, 6.07) is 0. The molecule has 7 heteroatoms. The van der Waals surface area contributed by atoms with Gasteiger partial charge in [-0.05, 0) is 52.0 Å². The van der Waals surface area contributed by atoms with Gasteiger partial charge in [0.25, 0.3) is 0 Å². The largest absolute Gasteiger partial charge is 0.462 e. The molecule has 0 bridgehead atoms. The molecule has 1 aliphatic heterocycles. The maximum Gasteiger partial charge on any atom is 0.341 e. The highest BCUT2D eigenvalue weighted by Gasteiger charge is 2.27. The van der Waals surface area contributed by atoms with Crippen LogP contribution in [-0.2, 0) is 27.1 Å². The maximum atomic E-state index is 12.5. The molecule has 2 heterocycles. The minimum atomic E-state index is -0.317. The Balaban J connectivity index is 1.65. The summed E-state index contributed by atoms with van der Waals surface area (Å²) in [5, 5.41) is 3.65. The molecule has 1 aromatic rings. The van der Waals surface area contributed by atoms with Crippen molar-refractivity contribution in [2.24, 2.45) is 0 Å². The van der Waals surface area contributed by atoms with E-state index < -0.39 is 0 Å². The Hall–Kier alpha value is -1.44. The second-order valence-electron chi connectivity index (χ2n) is 7.45. The fourth-order valence-corrected chi connectivity index (χ4v) is 5.28. The SMILES string of the molecule is CCOC(=O)c1c(NC(=O)CCN2C[C@H](C)O[C@@H](C)C2)sc2c1CCCC2. The third kappa shape index (κ3) is 5.09. The number of aryl methyl sites for hydroxylation is 1. The molecule has 2 atom stereocenters. The zero-order valence-corrected chi connectivity index (χ0v) is 17.3. The van der Waals surface area contributed by atoms with Crippen molar-refractivity contribution in [3.63, 3.8) is 0 Å². The lowest BCUT2D eigenvalue weighted by Crippen LogP contribution is -2.46. The Morgan fingerprint density at radius 2 is 1.93 bits per heavy atom. The number of hydrogen-bond acceptors (Lipinski definition) is 6. The van der Waals surface area contributed by atoms with E-state index in [-0.39, 0.29) is 24.1 Å². The molecule has 150 valence electrons. The van der Waals surface area contributed by atoms with Crippen LogP contribution in [0.1, 0.15) is 60.8 Å². The standard InChI is InChI=1S/C20H30N2O4S/c1-4-25-20(24)18-15-7-5-6-8-16(15)27-19(18)21-17(23)9-10-22-11-13(2)26-14(3)12-22/h13-14H,4-12H2,1-3H3,(H,21,23)/t13-,14-/m0/s1. The van der Waals surface area contributed by atoms with E-state index in [4.69, 9.17) is 9.47 Å². The van der Waals surface area contributed by atoms with Crippen molar-refractivity contribution in [1.82, 2.24) is 4.90 Å². The minimum Gasteiger partial charge on any atom is -0.462 e. The van der Waals surface area contributed by atoms with Crippen molar-refractivity contribution in [3.8, 4) is 0 Å². The highest BCUT2D eigenvalue weighted by Crippen LogP contribution is 2.38. The first kappa shape index (κ1) is 20.3. The Morgan fingerprint density at radius 3 is 2.63 bits per heavy atom. The number of thiophene rings is 1. The van der Waals surface area contributed by atoms with E-state index in [1.165, 1.54) is 4.88 Å². The molecule has 1 aromatic heterocycles. The van der Waals surface area contributed by atoms with Gasteiger partial charge in [-0.25, -0.2) is 4.79 Å². The number of rotatable bonds is 6. The Bertz CT molecular complexity index is 678. The number of fused-ring (bicyclic) bond motifs is 1. The zero-order chi connectivity index (χ0) is 19.4. The van der Waals surface area contributed by atoms with Gasteiger partial charge in [-0.1, -0.05) is 0 Å². The highest BCUT2D eigenvalue weighted by atomic mass is 32.1. The van der Waals surface area contributed by atoms with Crippen LogP contribution in [0, 0.1) is 0 Å². The molecule has 6 nitrogen and oxygen atoms in total. The lowest BCUT2D eigenvalue weighted by atomic mass is 9.95. The van der Waals surface area contributed by atoms with Gasteiger partial charge in [-0.3, -0.25) is 9.69 Å². The van der Waals surface area contributed by atoms with Crippen LogP contribution >= 0.6 is 11.3 Å². The second-order valence-corrected chi connectivity index (χ2v) is 8.56. The van der Waals surface area contributed by atoms with Gasteiger partial charge in [-0.2, -0.15) is 0 Å². The Labute approximate surface area is 165 Å². The number of esters is 1. The molecular formula is C20H30N2O4S. The molecule has 0 spiro atoms. The molecule has 3 rings (SSSR count). The van der Waals surface area contributed by atoms with Crippen molar-refractivity contribution in [2.45, 2.75) is 65.1 Å². The first-order valence-electron chi connectivity index (χ1n) is 9.97. The van der Waals surface area contributed by atoms with Gasteiger partial charge in [0, 0.05) is 30.9 Å². The van der Waals surface area contributed by atoms with Crippen LogP contribution in [0.25, 0.3) is 0 Å². The topological polar surface area (TPSA) is 67.9 Å². The van der Waals surface area contributed by atoms with Crippen LogP contribution in [0.2, 0.25) is 0 Å². The van der Waals surface area contributed by atoms with Crippen LogP contribution < -0.4 is 5.32 Å². The number of nitrogens with zero attached hydrogens (tertiary/aromatic N) is 1. The number of hydrogen-bond donors (Lipinski definition) is 1. The summed E-state index contributed by atoms with van der Waals surface area (Å²) in [5.74, 6) is -0.367. The van der Waals surface area contributed by atoms with Gasteiger partial charge in [-0.15, -0.1) is 11.3 Å². The fraction of sp³-hybridized carbons (Fsp3) is 0.700. The monoisotopic (exact) mass is 394 g/mol. The molecule has 0 aromatic carbocycles. The van der Waals surface area contributed by atoms with Crippen LogP contribution in [0.15, 0.2) is 0 Å². The normalized spacial score (nSPS) is 22.9. The van der Waals surface area contributed by atoms with Gasteiger partial charge < -0.3 is 14.8 Å². The third-order valence-corrected chi connectivity index (χ3v) is 6.26. The van der Waals surface area contributed by atoms with Crippen molar-refractivity contribution >= 4 is 28.2 Å². The number of carbonyl (C=O) groups excluding carboxylic acids is 2. The minimum absolute atomic E-state index is 0.0501. The van der Waals surface area contributed by atoms with E-state index in [1.54, 1.807) is 18.3 Å². The second kappa shape index (κ2) is 9.17. The van der Waals surface area contributed by atoms with Crippen LogP contribution in [0.4, 0.5) is 5.00 Å². The van der Waals surface area contributed by atoms with E-state index in [2.05, 4.69) is 24.1 Å². The van der Waals surface area contributed by atoms with Gasteiger partial charge >= 0.3 is 5.97 Å². The summed E-state index contributed by atoms with van der Waals surface area (Å²) in [7, 11) is 0. The van der Waals surface area contributed by atoms with Crippen molar-refractivity contribution in [1.29, 1.82) is 0 Å². The number of amides is 1.